The van der Waals surface area contributed by atoms with Crippen LogP contribution >= 0.6 is 24.4 Å². The highest BCUT2D eigenvalue weighted by atomic mass is 32.2. The largest absolute Gasteiger partial charge is 0.475 e. The van der Waals surface area contributed by atoms with Crippen LogP contribution in [0.1, 0.15) is 55.5 Å². The second-order valence-electron chi connectivity index (χ2n) is 8.07. The Morgan fingerprint density at radius 1 is 1.24 bits per heavy atom. The van der Waals surface area contributed by atoms with Crippen molar-refractivity contribution in [3.05, 3.63) is 41.6 Å². The third kappa shape index (κ3) is 6.95. The maximum atomic E-state index is 13.0. The second kappa shape index (κ2) is 12.4. The van der Waals surface area contributed by atoms with Crippen molar-refractivity contribution >= 4 is 58.7 Å². The minimum absolute atomic E-state index is 0.134. The molecular weight excluding hydrogens is 461 g/mol. The van der Waals surface area contributed by atoms with E-state index in [1.165, 1.54) is 4.90 Å². The normalized spacial score (nSPS) is 16.2. The summed E-state index contributed by atoms with van der Waals surface area (Å²) in [5, 5.41) is 22.5. The molecule has 1 aliphatic heterocycles. The number of thiol groups is 1. The highest BCUT2D eigenvalue weighted by molar-refractivity contribution is 8.31. The van der Waals surface area contributed by atoms with Crippen LogP contribution in [0.15, 0.2) is 30.5 Å². The Morgan fingerprint density at radius 2 is 1.91 bits per heavy atom. The number of nitrogens with zero attached hydrogens (tertiary/aromatic N) is 2. The number of pyridine rings is 1. The third-order valence-corrected chi connectivity index (χ3v) is 6.38. The van der Waals surface area contributed by atoms with Gasteiger partial charge < -0.3 is 20.3 Å². The van der Waals surface area contributed by atoms with E-state index in [0.717, 1.165) is 28.2 Å². The van der Waals surface area contributed by atoms with Crippen molar-refractivity contribution in [1.29, 1.82) is 0 Å². The molecule has 1 saturated heterocycles. The number of fused-ring (bicyclic) bond motifs is 1. The van der Waals surface area contributed by atoms with Crippen molar-refractivity contribution < 1.29 is 24.4 Å². The Labute approximate surface area is 204 Å². The van der Waals surface area contributed by atoms with Crippen molar-refractivity contribution in [2.75, 3.05) is 12.8 Å². The van der Waals surface area contributed by atoms with Gasteiger partial charge in [-0.25, -0.2) is 0 Å². The lowest BCUT2D eigenvalue weighted by atomic mass is 9.78. The lowest BCUT2D eigenvalue weighted by Gasteiger charge is -2.27. The molecule has 0 bridgehead atoms. The van der Waals surface area contributed by atoms with E-state index in [9.17, 15) is 24.4 Å². The molecule has 178 valence electrons. The number of benzene rings is 1. The van der Waals surface area contributed by atoms with Crippen LogP contribution in [0.3, 0.4) is 0 Å². The molecule has 2 unspecified atom stereocenters. The number of likely N-dealkylation sites (tertiary alicyclic amines) is 1. The first-order valence-corrected chi connectivity index (χ1v) is 12.4. The summed E-state index contributed by atoms with van der Waals surface area (Å²) in [6.45, 7) is 6.19. The van der Waals surface area contributed by atoms with Gasteiger partial charge in [0.25, 0.3) is 5.91 Å². The number of rotatable bonds is 5. The van der Waals surface area contributed by atoms with Gasteiger partial charge in [0, 0.05) is 18.1 Å². The fourth-order valence-corrected chi connectivity index (χ4v) is 3.87. The smallest absolute Gasteiger partial charge is 0.426 e. The summed E-state index contributed by atoms with van der Waals surface area (Å²) in [5.41, 5.74) is 2.24. The average Bonchev–Trinajstić information content (AvgIpc) is 3.28. The molecule has 0 spiro atoms. The van der Waals surface area contributed by atoms with Gasteiger partial charge in [-0.2, -0.15) is 0 Å². The maximum absolute atomic E-state index is 13.0. The summed E-state index contributed by atoms with van der Waals surface area (Å²) < 4.78 is -0.134. The number of carbonyl (C=O) groups excluding carboxylic acids is 3. The number of carbonyl (C=O) groups is 3. The van der Waals surface area contributed by atoms with Crippen LogP contribution in [0.2, 0.25) is 0 Å². The highest BCUT2D eigenvalue weighted by Crippen LogP contribution is 2.27. The van der Waals surface area contributed by atoms with E-state index in [1.54, 1.807) is 25.4 Å². The molecule has 1 aromatic heterocycles. The Kier molecular flexibility index (Phi) is 10.2. The number of hydrogen-bond acceptors (Lipinski definition) is 7. The predicted octanol–water partition coefficient (Wildman–Crippen LogP) is 2.88. The molecule has 3 rings (SSSR count). The van der Waals surface area contributed by atoms with E-state index in [2.05, 4.69) is 36.8 Å². The molecule has 1 fully saturated rings. The van der Waals surface area contributed by atoms with Crippen molar-refractivity contribution in [2.45, 2.75) is 51.5 Å². The Hall–Kier alpha value is -2.08. The molecule has 33 heavy (non-hydrogen) atoms. The monoisotopic (exact) mass is 491 g/mol. The van der Waals surface area contributed by atoms with Gasteiger partial charge in [0.15, 0.2) is 0 Å². The Morgan fingerprint density at radius 3 is 2.48 bits per heavy atom. The molecule has 2 atom stereocenters. The fraction of sp³-hybridized carbons (Fsp3) is 0.455. The van der Waals surface area contributed by atoms with Crippen LogP contribution in [-0.2, 0) is 4.79 Å². The molecule has 1 aromatic carbocycles. The van der Waals surface area contributed by atoms with Crippen LogP contribution in [-0.4, -0.2) is 68.1 Å². The lowest BCUT2D eigenvalue weighted by molar-refractivity contribution is -0.132. The molecule has 2 amide bonds. The summed E-state index contributed by atoms with van der Waals surface area (Å²) in [6.07, 6.45) is 4.53. The van der Waals surface area contributed by atoms with E-state index in [1.807, 2.05) is 18.2 Å². The minimum atomic E-state index is -1.58. The molecule has 1 aliphatic rings. The molecule has 11 heteroatoms. The van der Waals surface area contributed by atoms with Gasteiger partial charge >= 0.3 is 7.12 Å². The zero-order valence-corrected chi connectivity index (χ0v) is 20.9. The molecule has 3 N–H and O–H groups in total. The van der Waals surface area contributed by atoms with Crippen molar-refractivity contribution in [3.63, 3.8) is 0 Å². The van der Waals surface area contributed by atoms with Crippen LogP contribution in [0.5, 0.6) is 0 Å². The van der Waals surface area contributed by atoms with Gasteiger partial charge in [-0.15, -0.1) is 0 Å². The van der Waals surface area contributed by atoms with Crippen LogP contribution < -0.4 is 5.32 Å². The molecule has 8 nitrogen and oxygen atoms in total. The predicted molar refractivity (Wildman–Crippen MR) is 136 cm³/mol. The van der Waals surface area contributed by atoms with E-state index in [4.69, 9.17) is 0 Å². The number of nitrogens with one attached hydrogen (secondary N) is 1. The molecule has 2 heterocycles. The van der Waals surface area contributed by atoms with Gasteiger partial charge in [0.2, 0.25) is 10.4 Å². The van der Waals surface area contributed by atoms with E-state index < -0.39 is 19.1 Å². The zero-order chi connectivity index (χ0) is 24.7. The van der Waals surface area contributed by atoms with Crippen LogP contribution in [0, 0.1) is 0 Å². The zero-order valence-electron chi connectivity index (χ0n) is 19.2. The van der Waals surface area contributed by atoms with Gasteiger partial charge in [0.05, 0.1) is 17.0 Å². The fourth-order valence-electron chi connectivity index (χ4n) is 3.87. The first kappa shape index (κ1) is 27.2. The first-order valence-electron chi connectivity index (χ1n) is 10.7. The number of amides is 2. The van der Waals surface area contributed by atoms with E-state index in [0.29, 0.717) is 24.9 Å². The summed E-state index contributed by atoms with van der Waals surface area (Å²) in [6, 6.07) is 6.66. The van der Waals surface area contributed by atoms with Crippen LogP contribution in [0.4, 0.5) is 4.79 Å². The minimum Gasteiger partial charge on any atom is -0.426 e. The Bertz CT molecular complexity index is 1000. The molecular formula is C22H30BN3O5S2. The lowest BCUT2D eigenvalue weighted by Crippen LogP contribution is -2.52. The first-order chi connectivity index (χ1) is 15.6. The third-order valence-electron chi connectivity index (χ3n) is 5.48. The standard InChI is InChI=1S/C20H26BN3O4.C2H4OS2/c1-12(2)14-6-4-7-16-18(14)15(9-10-22-16)19(25)23-13(3)20(26)24-11-5-8-17(24)21(27)28;1-5-2(3)4/h4,6-7,9-10,12-13,17,27-28H,5,8,11H2,1-3H3,(H,23,25);1H3,(H,3,4). The van der Waals surface area contributed by atoms with Crippen molar-refractivity contribution in [3.8, 4) is 0 Å². The number of thioether (sulfide) groups is 1. The number of hydrogen-bond donors (Lipinski definition) is 4. The van der Waals surface area contributed by atoms with Crippen molar-refractivity contribution in [1.82, 2.24) is 15.2 Å². The van der Waals surface area contributed by atoms with Gasteiger partial charge in [0.1, 0.15) is 6.04 Å². The van der Waals surface area contributed by atoms with Gasteiger partial charge in [-0.3, -0.25) is 19.4 Å². The number of aromatic nitrogens is 1. The van der Waals surface area contributed by atoms with Gasteiger partial charge in [-0.1, -0.05) is 50.4 Å². The maximum Gasteiger partial charge on any atom is 0.475 e. The summed E-state index contributed by atoms with van der Waals surface area (Å²) in [7, 11) is -1.58. The molecule has 0 aliphatic carbocycles. The summed E-state index contributed by atoms with van der Waals surface area (Å²) >= 11 is 4.53. The highest BCUT2D eigenvalue weighted by Gasteiger charge is 2.38. The second-order valence-corrected chi connectivity index (χ2v) is 9.56. The van der Waals surface area contributed by atoms with E-state index in [-0.39, 0.29) is 22.2 Å². The van der Waals surface area contributed by atoms with Gasteiger partial charge in [-0.05, 0) is 49.6 Å². The quantitative estimate of drug-likeness (QED) is 0.375. The summed E-state index contributed by atoms with van der Waals surface area (Å²) in [5.74, 6) is -1.07. The van der Waals surface area contributed by atoms with E-state index >= 15 is 0 Å². The average molecular weight is 491 g/mol. The van der Waals surface area contributed by atoms with Crippen LogP contribution in [0.25, 0.3) is 10.9 Å². The molecule has 0 radical (unpaired) electrons. The van der Waals surface area contributed by atoms with Crippen molar-refractivity contribution in [2.24, 2.45) is 0 Å². The molecule has 2 aromatic rings. The Balaban J connectivity index is 0.000000696. The topological polar surface area (TPSA) is 120 Å². The SMILES string of the molecule is CC(NC(=O)c1ccnc2cccc(C(C)C)c12)C(=O)N1CCCC1B(O)O.CSC(=O)S. The summed E-state index contributed by atoms with van der Waals surface area (Å²) in [4.78, 5) is 41.2. The molecule has 0 saturated carbocycles.